The second-order valence-corrected chi connectivity index (χ2v) is 5.65. The van der Waals surface area contributed by atoms with Crippen molar-refractivity contribution >= 4 is 11.9 Å². The van der Waals surface area contributed by atoms with E-state index in [4.69, 9.17) is 9.84 Å². The summed E-state index contributed by atoms with van der Waals surface area (Å²) in [6, 6.07) is 6.45. The first kappa shape index (κ1) is 15.5. The lowest BCUT2D eigenvalue weighted by molar-refractivity contribution is -0.147. The first-order chi connectivity index (χ1) is 9.93. The molecule has 1 amide bonds. The molecule has 1 saturated heterocycles. The van der Waals surface area contributed by atoms with Crippen molar-refractivity contribution in [2.24, 2.45) is 0 Å². The minimum atomic E-state index is -0.959. The van der Waals surface area contributed by atoms with Crippen molar-refractivity contribution in [2.75, 3.05) is 19.7 Å². The molecule has 21 heavy (non-hydrogen) atoms. The van der Waals surface area contributed by atoms with Gasteiger partial charge in [-0.3, -0.25) is 4.79 Å². The van der Waals surface area contributed by atoms with Crippen LogP contribution in [0.2, 0.25) is 0 Å². The van der Waals surface area contributed by atoms with E-state index in [2.05, 4.69) is 6.92 Å². The Morgan fingerprint density at radius 2 is 2.00 bits per heavy atom. The van der Waals surface area contributed by atoms with Crippen LogP contribution in [0.1, 0.15) is 36.2 Å². The lowest BCUT2D eigenvalue weighted by Crippen LogP contribution is -2.52. The molecule has 5 nitrogen and oxygen atoms in total. The molecule has 1 unspecified atom stereocenters. The van der Waals surface area contributed by atoms with Crippen molar-refractivity contribution in [3.8, 4) is 0 Å². The number of ether oxygens (including phenoxy) is 1. The number of hydrogen-bond acceptors (Lipinski definition) is 3. The van der Waals surface area contributed by atoms with E-state index in [-0.39, 0.29) is 17.1 Å². The zero-order chi connectivity index (χ0) is 15.5. The predicted molar refractivity (Wildman–Crippen MR) is 78.3 cm³/mol. The highest BCUT2D eigenvalue weighted by atomic mass is 16.5. The molecule has 0 saturated carbocycles. The maximum atomic E-state index is 12.3. The average molecular weight is 291 g/mol. The molecule has 1 aliphatic rings. The lowest BCUT2D eigenvalue weighted by atomic mass is 10.0. The van der Waals surface area contributed by atoms with E-state index in [9.17, 15) is 9.59 Å². The van der Waals surface area contributed by atoms with Crippen molar-refractivity contribution < 1.29 is 19.4 Å². The van der Waals surface area contributed by atoms with Crippen molar-refractivity contribution in [2.45, 2.75) is 32.3 Å². The number of carboxylic acids is 1. The number of benzene rings is 1. The molecule has 1 aromatic rings. The number of aromatic carboxylic acids is 1. The van der Waals surface area contributed by atoms with Crippen LogP contribution in [-0.4, -0.2) is 47.2 Å². The van der Waals surface area contributed by atoms with E-state index in [0.29, 0.717) is 26.1 Å². The van der Waals surface area contributed by atoms with Crippen LogP contribution in [0, 0.1) is 0 Å². The number of carbonyl (C=O) groups is 2. The second kappa shape index (κ2) is 6.26. The highest BCUT2D eigenvalue weighted by molar-refractivity contribution is 5.87. The SMILES string of the molecule is CCC1(C)CN(C(=O)Cc2ccc(C(=O)O)cc2)CCO1. The summed E-state index contributed by atoms with van der Waals surface area (Å²) in [5.74, 6) is -0.902. The predicted octanol–water partition coefficient (Wildman–Crippen LogP) is 1.95. The maximum Gasteiger partial charge on any atom is 0.335 e. The number of carboxylic acid groups (broad SMARTS) is 1. The van der Waals surface area contributed by atoms with Crippen molar-refractivity contribution in [1.82, 2.24) is 4.90 Å². The highest BCUT2D eigenvalue weighted by Gasteiger charge is 2.32. The normalized spacial score (nSPS) is 22.1. The summed E-state index contributed by atoms with van der Waals surface area (Å²) in [7, 11) is 0. The quantitative estimate of drug-likeness (QED) is 0.921. The van der Waals surface area contributed by atoms with Crippen molar-refractivity contribution in [3.05, 3.63) is 35.4 Å². The van der Waals surface area contributed by atoms with Crippen LogP contribution in [-0.2, 0) is 16.0 Å². The molecule has 0 spiro atoms. The summed E-state index contributed by atoms with van der Waals surface area (Å²) in [4.78, 5) is 25.0. The molecule has 1 fully saturated rings. The van der Waals surface area contributed by atoms with Gasteiger partial charge in [0.25, 0.3) is 0 Å². The van der Waals surface area contributed by atoms with Gasteiger partial charge < -0.3 is 14.7 Å². The van der Waals surface area contributed by atoms with E-state index in [1.165, 1.54) is 12.1 Å². The Hall–Kier alpha value is -1.88. The molecule has 2 rings (SSSR count). The largest absolute Gasteiger partial charge is 0.478 e. The van der Waals surface area contributed by atoms with Crippen LogP contribution in [0.15, 0.2) is 24.3 Å². The van der Waals surface area contributed by atoms with Crippen LogP contribution in [0.5, 0.6) is 0 Å². The fraction of sp³-hybridized carbons (Fsp3) is 0.500. The van der Waals surface area contributed by atoms with E-state index in [1.54, 1.807) is 12.1 Å². The zero-order valence-electron chi connectivity index (χ0n) is 12.5. The first-order valence-corrected chi connectivity index (χ1v) is 7.17. The summed E-state index contributed by atoms with van der Waals surface area (Å²) in [5, 5.41) is 8.86. The summed E-state index contributed by atoms with van der Waals surface area (Å²) >= 11 is 0. The fourth-order valence-corrected chi connectivity index (χ4v) is 2.41. The first-order valence-electron chi connectivity index (χ1n) is 7.17. The molecule has 1 atom stereocenters. The maximum absolute atomic E-state index is 12.3. The minimum Gasteiger partial charge on any atom is -0.478 e. The standard InChI is InChI=1S/C16H21NO4/c1-3-16(2)11-17(8-9-21-16)14(18)10-12-4-6-13(7-5-12)15(19)20/h4-7H,3,8-11H2,1-2H3,(H,19,20). The number of morpholine rings is 1. The van der Waals surface area contributed by atoms with Crippen molar-refractivity contribution in [3.63, 3.8) is 0 Å². The van der Waals surface area contributed by atoms with E-state index in [0.717, 1.165) is 12.0 Å². The third-order valence-electron chi connectivity index (χ3n) is 3.99. The smallest absolute Gasteiger partial charge is 0.335 e. The average Bonchev–Trinajstić information content (AvgIpc) is 2.48. The Bertz CT molecular complexity index is 526. The second-order valence-electron chi connectivity index (χ2n) is 5.65. The Morgan fingerprint density at radius 1 is 1.33 bits per heavy atom. The topological polar surface area (TPSA) is 66.8 Å². The Morgan fingerprint density at radius 3 is 2.57 bits per heavy atom. The van der Waals surface area contributed by atoms with Gasteiger partial charge in [-0.2, -0.15) is 0 Å². The molecule has 114 valence electrons. The molecule has 0 bridgehead atoms. The number of carbonyl (C=O) groups excluding carboxylic acids is 1. The van der Waals surface area contributed by atoms with Crippen LogP contribution in [0.3, 0.4) is 0 Å². The molecule has 0 aromatic heterocycles. The molecule has 1 heterocycles. The third kappa shape index (κ3) is 3.82. The van der Waals surface area contributed by atoms with Crippen molar-refractivity contribution in [1.29, 1.82) is 0 Å². The zero-order valence-corrected chi connectivity index (χ0v) is 12.5. The molecule has 0 aliphatic carbocycles. The summed E-state index contributed by atoms with van der Waals surface area (Å²) in [6.07, 6.45) is 1.16. The van der Waals surface area contributed by atoms with Crippen LogP contribution >= 0.6 is 0 Å². The fourth-order valence-electron chi connectivity index (χ4n) is 2.41. The highest BCUT2D eigenvalue weighted by Crippen LogP contribution is 2.21. The van der Waals surface area contributed by atoms with Gasteiger partial charge in [0, 0.05) is 13.1 Å². The molecule has 0 radical (unpaired) electrons. The van der Waals surface area contributed by atoms with Gasteiger partial charge in [0.05, 0.1) is 24.2 Å². The summed E-state index contributed by atoms with van der Waals surface area (Å²) in [5.41, 5.74) is 0.798. The lowest BCUT2D eigenvalue weighted by Gasteiger charge is -2.40. The molecule has 1 aromatic carbocycles. The van der Waals surface area contributed by atoms with E-state index >= 15 is 0 Å². The Labute approximate surface area is 124 Å². The molecule has 1 N–H and O–H groups in total. The third-order valence-corrected chi connectivity index (χ3v) is 3.99. The van der Waals surface area contributed by atoms with Gasteiger partial charge in [-0.25, -0.2) is 4.79 Å². The summed E-state index contributed by atoms with van der Waals surface area (Å²) in [6.45, 7) is 5.86. The van der Waals surface area contributed by atoms with Gasteiger partial charge in [-0.15, -0.1) is 0 Å². The molecule has 1 aliphatic heterocycles. The molecular weight excluding hydrogens is 270 g/mol. The number of nitrogens with zero attached hydrogens (tertiary/aromatic N) is 1. The Kier molecular flexibility index (Phi) is 4.63. The number of amides is 1. The molecule has 5 heteroatoms. The van der Waals surface area contributed by atoms with Gasteiger partial charge in [0.2, 0.25) is 5.91 Å². The van der Waals surface area contributed by atoms with Crippen LogP contribution < -0.4 is 0 Å². The molecular formula is C16H21NO4. The minimum absolute atomic E-state index is 0.0565. The van der Waals surface area contributed by atoms with Gasteiger partial charge in [-0.1, -0.05) is 19.1 Å². The van der Waals surface area contributed by atoms with E-state index < -0.39 is 5.97 Å². The van der Waals surface area contributed by atoms with Crippen LogP contribution in [0.4, 0.5) is 0 Å². The number of hydrogen-bond donors (Lipinski definition) is 1. The van der Waals surface area contributed by atoms with Gasteiger partial charge in [0.1, 0.15) is 0 Å². The van der Waals surface area contributed by atoms with E-state index in [1.807, 2.05) is 11.8 Å². The van der Waals surface area contributed by atoms with Crippen LogP contribution in [0.25, 0.3) is 0 Å². The Balaban J connectivity index is 1.99. The number of rotatable bonds is 4. The monoisotopic (exact) mass is 291 g/mol. The van der Waals surface area contributed by atoms with Gasteiger partial charge >= 0.3 is 5.97 Å². The van der Waals surface area contributed by atoms with Gasteiger partial charge in [-0.05, 0) is 31.0 Å². The van der Waals surface area contributed by atoms with Gasteiger partial charge in [0.15, 0.2) is 0 Å². The summed E-state index contributed by atoms with van der Waals surface area (Å²) < 4.78 is 5.73.